The topological polar surface area (TPSA) is 36.1 Å². The Morgan fingerprint density at radius 3 is 2.27 bits per heavy atom. The normalized spacial score (nSPS) is 10.7. The third-order valence-electron chi connectivity index (χ3n) is 3.21. The van der Waals surface area contributed by atoms with Gasteiger partial charge in [0.25, 0.3) is 0 Å². The molecule has 0 amide bonds. The van der Waals surface area contributed by atoms with E-state index in [1.165, 1.54) is 10.9 Å². The third kappa shape index (κ3) is 4.35. The molecule has 0 aliphatic heterocycles. The predicted molar refractivity (Wildman–Crippen MR) is 92.5 cm³/mol. The van der Waals surface area contributed by atoms with E-state index in [1.54, 1.807) is 4.90 Å². The van der Waals surface area contributed by atoms with Crippen LogP contribution in [-0.4, -0.2) is 30.3 Å². The number of likely N-dealkylation sites (N-methyl/N-ethyl adjacent to an activating group) is 1. The van der Waals surface area contributed by atoms with Crippen molar-refractivity contribution in [2.75, 3.05) is 14.1 Å². The second-order valence-electron chi connectivity index (χ2n) is 5.06. The standard InChI is InChI=1S/C11H13NO.C8H7N/c1-12(2)11(9-13)8-10-6-4-3-5-7-10;1-2-4-8-7(3-1)5-6-9-8/h3-9H,1-2H3;1-6,9H. The summed E-state index contributed by atoms with van der Waals surface area (Å²) in [6.07, 6.45) is 4.66. The maximum atomic E-state index is 10.6. The fourth-order valence-electron chi connectivity index (χ4n) is 1.98. The Balaban J connectivity index is 0.000000170. The molecule has 0 radical (unpaired) electrons. The fourth-order valence-corrected chi connectivity index (χ4v) is 1.98. The van der Waals surface area contributed by atoms with Gasteiger partial charge in [0.15, 0.2) is 6.29 Å². The zero-order chi connectivity index (χ0) is 15.8. The zero-order valence-electron chi connectivity index (χ0n) is 12.9. The lowest BCUT2D eigenvalue weighted by Gasteiger charge is -2.10. The summed E-state index contributed by atoms with van der Waals surface area (Å²) in [5.74, 6) is 0. The van der Waals surface area contributed by atoms with Crippen LogP contribution in [0, 0.1) is 0 Å². The van der Waals surface area contributed by atoms with Crippen LogP contribution in [0.15, 0.2) is 72.6 Å². The maximum Gasteiger partial charge on any atom is 0.166 e. The molecule has 0 unspecified atom stereocenters. The van der Waals surface area contributed by atoms with E-state index in [0.717, 1.165) is 11.8 Å². The van der Waals surface area contributed by atoms with Crippen molar-refractivity contribution in [2.45, 2.75) is 0 Å². The SMILES string of the molecule is CN(C)C(C=O)=Cc1ccccc1.c1ccc2[nH]ccc2c1. The molecule has 0 saturated heterocycles. The number of carbonyl (C=O) groups is 1. The van der Waals surface area contributed by atoms with Crippen molar-refractivity contribution in [3.63, 3.8) is 0 Å². The number of hydrogen-bond donors (Lipinski definition) is 1. The van der Waals surface area contributed by atoms with Crippen LogP contribution in [0.1, 0.15) is 5.56 Å². The monoisotopic (exact) mass is 292 g/mol. The molecule has 0 saturated carbocycles. The lowest BCUT2D eigenvalue weighted by molar-refractivity contribution is -0.105. The number of nitrogens with zero attached hydrogens (tertiary/aromatic N) is 1. The molecule has 0 aliphatic carbocycles. The summed E-state index contributed by atoms with van der Waals surface area (Å²) in [7, 11) is 3.70. The van der Waals surface area contributed by atoms with Crippen LogP contribution >= 0.6 is 0 Å². The quantitative estimate of drug-likeness (QED) is 0.586. The van der Waals surface area contributed by atoms with Gasteiger partial charge in [-0.3, -0.25) is 4.79 Å². The number of fused-ring (bicyclic) bond motifs is 1. The Labute approximate surface area is 130 Å². The Morgan fingerprint density at radius 1 is 0.955 bits per heavy atom. The van der Waals surface area contributed by atoms with Crippen molar-refractivity contribution < 1.29 is 4.79 Å². The lowest BCUT2D eigenvalue weighted by Crippen LogP contribution is -2.11. The smallest absolute Gasteiger partial charge is 0.166 e. The summed E-state index contributed by atoms with van der Waals surface area (Å²) in [5, 5.41) is 1.28. The molecule has 112 valence electrons. The molecule has 1 N–H and O–H groups in total. The van der Waals surface area contributed by atoms with Crippen molar-refractivity contribution in [3.05, 3.63) is 78.1 Å². The van der Waals surface area contributed by atoms with E-state index in [1.807, 2.05) is 68.8 Å². The highest BCUT2D eigenvalue weighted by Gasteiger charge is 1.96. The van der Waals surface area contributed by atoms with Gasteiger partial charge < -0.3 is 9.88 Å². The van der Waals surface area contributed by atoms with E-state index in [-0.39, 0.29) is 0 Å². The Hall–Kier alpha value is -2.81. The molecule has 1 heterocycles. The van der Waals surface area contributed by atoms with Crippen LogP contribution in [0.3, 0.4) is 0 Å². The van der Waals surface area contributed by atoms with Gasteiger partial charge in [-0.15, -0.1) is 0 Å². The number of H-pyrrole nitrogens is 1. The van der Waals surface area contributed by atoms with Crippen LogP contribution in [-0.2, 0) is 4.79 Å². The molecule has 0 spiro atoms. The minimum absolute atomic E-state index is 0.672. The molecule has 3 aromatic rings. The first-order valence-electron chi connectivity index (χ1n) is 7.12. The summed E-state index contributed by atoms with van der Waals surface area (Å²) in [5.41, 5.74) is 2.92. The fraction of sp³-hybridized carbons (Fsp3) is 0.105. The molecule has 3 heteroatoms. The average molecular weight is 292 g/mol. The first-order chi connectivity index (χ1) is 10.7. The summed E-state index contributed by atoms with van der Waals surface area (Å²) in [4.78, 5) is 15.6. The molecule has 1 aromatic heterocycles. The van der Waals surface area contributed by atoms with Gasteiger partial charge in [0.2, 0.25) is 0 Å². The minimum atomic E-state index is 0.672. The lowest BCUT2D eigenvalue weighted by atomic mass is 10.2. The number of allylic oxidation sites excluding steroid dienone is 1. The molecule has 0 atom stereocenters. The van der Waals surface area contributed by atoms with Crippen molar-refractivity contribution >= 4 is 23.3 Å². The van der Waals surface area contributed by atoms with E-state index in [9.17, 15) is 4.79 Å². The summed E-state index contributed by atoms with van der Waals surface area (Å²) < 4.78 is 0. The van der Waals surface area contributed by atoms with Gasteiger partial charge >= 0.3 is 0 Å². The number of aromatic amines is 1. The van der Waals surface area contributed by atoms with E-state index in [0.29, 0.717) is 5.70 Å². The number of para-hydroxylation sites is 1. The number of aromatic nitrogens is 1. The van der Waals surface area contributed by atoms with E-state index in [4.69, 9.17) is 0 Å². The Kier molecular flexibility index (Phi) is 5.55. The number of hydrogen-bond acceptors (Lipinski definition) is 2. The highest BCUT2D eigenvalue weighted by molar-refractivity contribution is 5.80. The van der Waals surface area contributed by atoms with Crippen molar-refractivity contribution in [1.82, 2.24) is 9.88 Å². The number of rotatable bonds is 3. The van der Waals surface area contributed by atoms with Crippen LogP contribution in [0.25, 0.3) is 17.0 Å². The molecule has 3 rings (SSSR count). The largest absolute Gasteiger partial charge is 0.375 e. The molecule has 0 fully saturated rings. The molecular formula is C19H20N2O. The van der Waals surface area contributed by atoms with Crippen LogP contribution in [0.2, 0.25) is 0 Å². The zero-order valence-corrected chi connectivity index (χ0v) is 12.9. The summed E-state index contributed by atoms with van der Waals surface area (Å²) >= 11 is 0. The van der Waals surface area contributed by atoms with Crippen LogP contribution in [0.4, 0.5) is 0 Å². The first kappa shape index (κ1) is 15.6. The van der Waals surface area contributed by atoms with Gasteiger partial charge in [0.05, 0.1) is 5.70 Å². The van der Waals surface area contributed by atoms with Crippen LogP contribution < -0.4 is 0 Å². The highest BCUT2D eigenvalue weighted by Crippen LogP contribution is 2.09. The van der Waals surface area contributed by atoms with E-state index >= 15 is 0 Å². The summed E-state index contributed by atoms with van der Waals surface area (Å²) in [6.45, 7) is 0. The van der Waals surface area contributed by atoms with Gasteiger partial charge in [0, 0.05) is 25.8 Å². The number of benzene rings is 2. The molecule has 2 aromatic carbocycles. The van der Waals surface area contributed by atoms with Gasteiger partial charge in [-0.1, -0.05) is 48.5 Å². The van der Waals surface area contributed by atoms with Gasteiger partial charge in [-0.05, 0) is 29.2 Å². The third-order valence-corrected chi connectivity index (χ3v) is 3.21. The van der Waals surface area contributed by atoms with Gasteiger partial charge in [-0.25, -0.2) is 0 Å². The van der Waals surface area contributed by atoms with Gasteiger partial charge in [-0.2, -0.15) is 0 Å². The first-order valence-corrected chi connectivity index (χ1v) is 7.12. The average Bonchev–Trinajstić information content (AvgIpc) is 3.02. The van der Waals surface area contributed by atoms with Gasteiger partial charge in [0.1, 0.15) is 0 Å². The van der Waals surface area contributed by atoms with Crippen molar-refractivity contribution in [2.24, 2.45) is 0 Å². The molecule has 22 heavy (non-hydrogen) atoms. The number of carbonyl (C=O) groups excluding carboxylic acids is 1. The van der Waals surface area contributed by atoms with E-state index in [2.05, 4.69) is 23.2 Å². The highest BCUT2D eigenvalue weighted by atomic mass is 16.1. The molecule has 3 nitrogen and oxygen atoms in total. The molecular weight excluding hydrogens is 272 g/mol. The minimum Gasteiger partial charge on any atom is -0.375 e. The van der Waals surface area contributed by atoms with E-state index < -0.39 is 0 Å². The number of aldehydes is 1. The Bertz CT molecular complexity index is 712. The Morgan fingerprint density at radius 2 is 1.64 bits per heavy atom. The molecule has 0 aliphatic rings. The van der Waals surface area contributed by atoms with Crippen molar-refractivity contribution in [3.8, 4) is 0 Å². The predicted octanol–water partition coefficient (Wildman–Crippen LogP) is 3.96. The number of nitrogens with one attached hydrogen (secondary N) is 1. The van der Waals surface area contributed by atoms with Crippen LogP contribution in [0.5, 0.6) is 0 Å². The maximum absolute atomic E-state index is 10.6. The molecule has 0 bridgehead atoms. The second-order valence-corrected chi connectivity index (χ2v) is 5.06. The second kappa shape index (κ2) is 7.84. The summed E-state index contributed by atoms with van der Waals surface area (Å²) in [6, 6.07) is 20.1. The van der Waals surface area contributed by atoms with Crippen molar-refractivity contribution in [1.29, 1.82) is 0 Å².